The fraction of sp³-hybridized carbons (Fsp3) is 0. The van der Waals surface area contributed by atoms with Gasteiger partial charge in [0.25, 0.3) is 0 Å². The van der Waals surface area contributed by atoms with Gasteiger partial charge in [0.05, 0.1) is 5.52 Å². The number of nitrogen functional groups attached to an aromatic ring is 1. The van der Waals surface area contributed by atoms with E-state index in [1.807, 2.05) is 24.3 Å². The minimum absolute atomic E-state index is 0. The number of nitrogens with two attached hydrogens (primary N) is 1. The second-order valence-corrected chi connectivity index (χ2v) is 2.28. The van der Waals surface area contributed by atoms with Crippen molar-refractivity contribution < 1.29 is 0 Å². The zero-order chi connectivity index (χ0) is 7.68. The summed E-state index contributed by atoms with van der Waals surface area (Å²) in [5.41, 5.74) is 6.49. The highest BCUT2D eigenvalue weighted by atomic mass is 14.9. The lowest BCUT2D eigenvalue weighted by atomic mass is 10.2. The predicted molar refractivity (Wildman–Crippen MR) is 46.1 cm³/mol. The van der Waals surface area contributed by atoms with Gasteiger partial charge in [-0.15, -0.1) is 0 Å². The largest absolute Gasteiger partial charge is 0.383 e. The fourth-order valence-corrected chi connectivity index (χ4v) is 1.03. The Bertz CT molecular complexity index is 380. The van der Waals surface area contributed by atoms with Gasteiger partial charge in [0.15, 0.2) is 0 Å². The Balaban J connectivity index is 0.000000720. The molecule has 2 N–H and O–H groups in total. The molecule has 59 valence electrons. The van der Waals surface area contributed by atoms with E-state index in [1.165, 1.54) is 6.33 Å². The normalized spacial score (nSPS) is 9.33. The summed E-state index contributed by atoms with van der Waals surface area (Å²) in [5.74, 6) is 0.538. The lowest BCUT2D eigenvalue weighted by Gasteiger charge is -1.96. The Morgan fingerprint density at radius 2 is 1.83 bits per heavy atom. The molecule has 1 aromatic carbocycles. The van der Waals surface area contributed by atoms with Gasteiger partial charge < -0.3 is 5.73 Å². The van der Waals surface area contributed by atoms with Crippen molar-refractivity contribution in [3.8, 4) is 0 Å². The first-order valence-electron chi connectivity index (χ1n) is 3.33. The van der Waals surface area contributed by atoms with Gasteiger partial charge in [-0.3, -0.25) is 0 Å². The molecule has 0 saturated carbocycles. The second kappa shape index (κ2) is 3.15. The number of hydrogen-bond donors (Lipinski definition) is 1. The topological polar surface area (TPSA) is 82.3 Å². The van der Waals surface area contributed by atoms with Crippen LogP contribution in [0, 0.1) is 0 Å². The van der Waals surface area contributed by atoms with Crippen LogP contribution in [0.2, 0.25) is 0 Å². The molecule has 4 heteroatoms. The van der Waals surface area contributed by atoms with Crippen LogP contribution in [-0.4, -0.2) is 9.97 Å². The van der Waals surface area contributed by atoms with E-state index in [2.05, 4.69) is 9.97 Å². The van der Waals surface area contributed by atoms with Crippen molar-refractivity contribution >= 4 is 16.7 Å². The Hall–Kier alpha value is -1.68. The molecule has 3 radical (unpaired) electrons. The molecule has 0 aliphatic rings. The molecule has 0 aliphatic heterocycles. The van der Waals surface area contributed by atoms with Crippen LogP contribution in [0.3, 0.4) is 0 Å². The van der Waals surface area contributed by atoms with Gasteiger partial charge in [-0.05, 0) is 12.1 Å². The van der Waals surface area contributed by atoms with E-state index in [9.17, 15) is 0 Å². The van der Waals surface area contributed by atoms with E-state index in [1.54, 1.807) is 0 Å². The number of rotatable bonds is 0. The van der Waals surface area contributed by atoms with Gasteiger partial charge >= 0.3 is 0 Å². The Morgan fingerprint density at radius 3 is 2.58 bits per heavy atom. The van der Waals surface area contributed by atoms with Crippen LogP contribution in [0.1, 0.15) is 0 Å². The average molecular weight is 159 g/mol. The van der Waals surface area contributed by atoms with Crippen LogP contribution in [-0.2, 0) is 0 Å². The minimum Gasteiger partial charge on any atom is -0.383 e. The second-order valence-electron chi connectivity index (χ2n) is 2.28. The van der Waals surface area contributed by atoms with Crippen molar-refractivity contribution in [1.82, 2.24) is 16.1 Å². The summed E-state index contributed by atoms with van der Waals surface area (Å²) in [6.07, 6.45) is 1.47. The lowest BCUT2D eigenvalue weighted by Crippen LogP contribution is -1.91. The molecule has 2 aromatic rings. The molecule has 0 spiro atoms. The van der Waals surface area contributed by atoms with Crippen molar-refractivity contribution in [3.63, 3.8) is 0 Å². The van der Waals surface area contributed by atoms with E-state index in [0.29, 0.717) is 5.82 Å². The molecule has 0 aliphatic carbocycles. The van der Waals surface area contributed by atoms with Crippen molar-refractivity contribution in [2.24, 2.45) is 0 Å². The summed E-state index contributed by atoms with van der Waals surface area (Å²) in [7, 11) is 0. The summed E-state index contributed by atoms with van der Waals surface area (Å²) in [6, 6.07) is 7.66. The summed E-state index contributed by atoms with van der Waals surface area (Å²) in [6.45, 7) is 0. The van der Waals surface area contributed by atoms with Gasteiger partial charge in [-0.25, -0.2) is 9.97 Å². The fourth-order valence-electron chi connectivity index (χ4n) is 1.03. The van der Waals surface area contributed by atoms with Gasteiger partial charge in [-0.1, -0.05) is 12.1 Å². The highest BCUT2D eigenvalue weighted by Crippen LogP contribution is 2.14. The molecule has 0 unspecified atom stereocenters. The van der Waals surface area contributed by atoms with Gasteiger partial charge in [0.1, 0.15) is 12.1 Å². The van der Waals surface area contributed by atoms with E-state index in [-0.39, 0.29) is 6.15 Å². The first kappa shape index (κ1) is 8.42. The maximum absolute atomic E-state index is 5.61. The molecule has 0 atom stereocenters. The molecule has 0 bridgehead atoms. The number of aromatic nitrogens is 2. The van der Waals surface area contributed by atoms with Crippen molar-refractivity contribution in [3.05, 3.63) is 30.6 Å². The number of hydrogen-bond acceptors (Lipinski definition) is 3. The van der Waals surface area contributed by atoms with Crippen molar-refractivity contribution in [1.29, 1.82) is 0 Å². The average Bonchev–Trinajstić information content (AvgIpc) is 2.06. The van der Waals surface area contributed by atoms with Crippen LogP contribution in [0.4, 0.5) is 5.82 Å². The Kier molecular flexibility index (Phi) is 2.21. The summed E-state index contributed by atoms with van der Waals surface area (Å²) in [5, 5.41) is 0.912. The number of para-hydroxylation sites is 1. The van der Waals surface area contributed by atoms with E-state index in [4.69, 9.17) is 5.73 Å². The zero-order valence-electron chi connectivity index (χ0n) is 6.31. The summed E-state index contributed by atoms with van der Waals surface area (Å²) < 4.78 is 0. The molecule has 0 amide bonds. The van der Waals surface area contributed by atoms with E-state index < -0.39 is 0 Å². The smallest absolute Gasteiger partial charge is 0.134 e. The maximum Gasteiger partial charge on any atom is 0.134 e. The Labute approximate surface area is 70.0 Å². The SMILES string of the molecule is Nc1ncnc2ccccc12.[N]. The minimum atomic E-state index is 0. The molecule has 12 heavy (non-hydrogen) atoms. The highest BCUT2D eigenvalue weighted by Gasteiger charge is 1.95. The molecule has 0 fully saturated rings. The number of nitrogens with zero attached hydrogens (tertiary/aromatic N) is 3. The third-order valence-electron chi connectivity index (χ3n) is 1.57. The molecule has 0 saturated heterocycles. The van der Waals surface area contributed by atoms with Gasteiger partial charge in [0, 0.05) is 11.5 Å². The summed E-state index contributed by atoms with van der Waals surface area (Å²) in [4.78, 5) is 7.92. The zero-order valence-corrected chi connectivity index (χ0v) is 6.31. The summed E-state index contributed by atoms with van der Waals surface area (Å²) >= 11 is 0. The standard InChI is InChI=1S/C8H7N3.N/c9-8-6-3-1-2-4-7(6)10-5-11-8;/h1-5H,(H2,9,10,11);. The molecule has 1 heterocycles. The van der Waals surface area contributed by atoms with E-state index in [0.717, 1.165) is 10.9 Å². The van der Waals surface area contributed by atoms with Crippen molar-refractivity contribution in [2.45, 2.75) is 0 Å². The van der Waals surface area contributed by atoms with Crippen LogP contribution in [0.15, 0.2) is 30.6 Å². The quantitative estimate of drug-likeness (QED) is 0.615. The van der Waals surface area contributed by atoms with E-state index >= 15 is 0 Å². The van der Waals surface area contributed by atoms with Gasteiger partial charge in [-0.2, -0.15) is 0 Å². The molecule has 2 rings (SSSR count). The first-order chi connectivity index (χ1) is 5.38. The van der Waals surface area contributed by atoms with Crippen LogP contribution < -0.4 is 11.9 Å². The third-order valence-corrected chi connectivity index (χ3v) is 1.57. The molecule has 4 nitrogen and oxygen atoms in total. The van der Waals surface area contributed by atoms with Crippen LogP contribution in [0.25, 0.3) is 10.9 Å². The maximum atomic E-state index is 5.61. The monoisotopic (exact) mass is 159 g/mol. The van der Waals surface area contributed by atoms with Crippen LogP contribution in [0.5, 0.6) is 0 Å². The molecular weight excluding hydrogens is 152 g/mol. The van der Waals surface area contributed by atoms with Crippen LogP contribution >= 0.6 is 0 Å². The number of fused-ring (bicyclic) bond motifs is 1. The predicted octanol–water partition coefficient (Wildman–Crippen LogP) is 0.731. The van der Waals surface area contributed by atoms with Gasteiger partial charge in [0.2, 0.25) is 0 Å². The number of benzene rings is 1. The van der Waals surface area contributed by atoms with Crippen molar-refractivity contribution in [2.75, 3.05) is 5.73 Å². The lowest BCUT2D eigenvalue weighted by molar-refractivity contribution is 1.23. The third kappa shape index (κ3) is 1.19. The molecule has 1 aromatic heterocycles. The molecular formula is C8H7N4. The Morgan fingerprint density at radius 1 is 1.08 bits per heavy atom. The number of anilines is 1. The first-order valence-corrected chi connectivity index (χ1v) is 3.33. The highest BCUT2D eigenvalue weighted by molar-refractivity contribution is 5.87.